The molecule has 1 aliphatic heterocycles. The standard InChI is InChI=1S/C21H21N3O2/c1-24(18-8-6-14-4-2-3-5-15(14)10-18)20-9-7-16(11-19(20)21(25)26)17-12-22-23-13-17/h2-11,17,22-23H,12-13H2,1H3,(H,25,26). The van der Waals surface area contributed by atoms with Crippen LogP contribution in [0.1, 0.15) is 21.8 Å². The fourth-order valence-corrected chi connectivity index (χ4v) is 3.49. The Kier molecular flexibility index (Phi) is 4.32. The van der Waals surface area contributed by atoms with Gasteiger partial charge in [-0.25, -0.2) is 4.79 Å². The Bertz CT molecular complexity index is 964. The van der Waals surface area contributed by atoms with Crippen LogP contribution in [0.25, 0.3) is 10.8 Å². The van der Waals surface area contributed by atoms with E-state index in [1.165, 1.54) is 5.39 Å². The summed E-state index contributed by atoms with van der Waals surface area (Å²) in [5.41, 5.74) is 9.20. The largest absolute Gasteiger partial charge is 0.478 e. The van der Waals surface area contributed by atoms with Gasteiger partial charge in [-0.1, -0.05) is 36.4 Å². The van der Waals surface area contributed by atoms with Crippen LogP contribution in [0.15, 0.2) is 60.7 Å². The lowest BCUT2D eigenvalue weighted by Gasteiger charge is -2.23. The Morgan fingerprint density at radius 1 is 1.00 bits per heavy atom. The number of benzene rings is 3. The molecule has 0 unspecified atom stereocenters. The maximum absolute atomic E-state index is 11.9. The zero-order valence-corrected chi connectivity index (χ0v) is 14.6. The molecule has 0 saturated carbocycles. The number of hydrogen-bond donors (Lipinski definition) is 3. The van der Waals surface area contributed by atoms with E-state index in [0.29, 0.717) is 11.3 Å². The molecule has 1 saturated heterocycles. The van der Waals surface area contributed by atoms with Gasteiger partial charge in [0.25, 0.3) is 0 Å². The molecule has 0 aromatic heterocycles. The molecule has 3 N–H and O–H groups in total. The van der Waals surface area contributed by atoms with Crippen LogP contribution in [-0.4, -0.2) is 31.2 Å². The van der Waals surface area contributed by atoms with E-state index in [-0.39, 0.29) is 5.92 Å². The molecule has 0 amide bonds. The van der Waals surface area contributed by atoms with E-state index < -0.39 is 5.97 Å². The Hall–Kier alpha value is -2.89. The topological polar surface area (TPSA) is 64.6 Å². The van der Waals surface area contributed by atoms with Gasteiger partial charge in [0.2, 0.25) is 0 Å². The van der Waals surface area contributed by atoms with Gasteiger partial charge in [0, 0.05) is 31.7 Å². The number of anilines is 2. The number of carboxylic acid groups (broad SMARTS) is 1. The molecule has 0 aliphatic carbocycles. The molecule has 5 nitrogen and oxygen atoms in total. The van der Waals surface area contributed by atoms with Gasteiger partial charge in [0.05, 0.1) is 11.3 Å². The molecule has 4 rings (SSSR count). The molecule has 5 heteroatoms. The lowest BCUT2D eigenvalue weighted by atomic mass is 9.97. The molecule has 1 heterocycles. The van der Waals surface area contributed by atoms with Gasteiger partial charge in [-0.15, -0.1) is 0 Å². The van der Waals surface area contributed by atoms with Gasteiger partial charge in [-0.3, -0.25) is 10.9 Å². The van der Waals surface area contributed by atoms with Gasteiger partial charge in [0.15, 0.2) is 0 Å². The summed E-state index contributed by atoms with van der Waals surface area (Å²) in [6.45, 7) is 1.61. The van der Waals surface area contributed by atoms with Crippen molar-refractivity contribution in [2.45, 2.75) is 5.92 Å². The number of nitrogens with one attached hydrogen (secondary N) is 2. The second-order valence-corrected chi connectivity index (χ2v) is 6.63. The third-order valence-electron chi connectivity index (χ3n) is 5.03. The normalized spacial score (nSPS) is 14.7. The van der Waals surface area contributed by atoms with Crippen molar-refractivity contribution in [2.24, 2.45) is 0 Å². The van der Waals surface area contributed by atoms with Gasteiger partial charge < -0.3 is 10.0 Å². The molecule has 0 atom stereocenters. The molecule has 26 heavy (non-hydrogen) atoms. The van der Waals surface area contributed by atoms with E-state index >= 15 is 0 Å². The summed E-state index contributed by atoms with van der Waals surface area (Å²) in [6, 6.07) is 20.1. The number of carboxylic acids is 1. The van der Waals surface area contributed by atoms with Gasteiger partial charge >= 0.3 is 5.97 Å². The van der Waals surface area contributed by atoms with Crippen LogP contribution >= 0.6 is 0 Å². The van der Waals surface area contributed by atoms with Crippen molar-refractivity contribution in [3.05, 3.63) is 71.8 Å². The summed E-state index contributed by atoms with van der Waals surface area (Å²) < 4.78 is 0. The summed E-state index contributed by atoms with van der Waals surface area (Å²) in [5.74, 6) is -0.624. The summed E-state index contributed by atoms with van der Waals surface area (Å²) in [5, 5.41) is 12.0. The van der Waals surface area contributed by atoms with Crippen molar-refractivity contribution in [2.75, 3.05) is 25.0 Å². The van der Waals surface area contributed by atoms with E-state index in [1.807, 2.05) is 42.3 Å². The number of hydrazine groups is 1. The zero-order chi connectivity index (χ0) is 18.1. The molecule has 1 fully saturated rings. The van der Waals surface area contributed by atoms with Crippen molar-refractivity contribution in [3.8, 4) is 0 Å². The van der Waals surface area contributed by atoms with Crippen LogP contribution in [0, 0.1) is 0 Å². The molecule has 1 aliphatic rings. The quantitative estimate of drug-likeness (QED) is 0.674. The van der Waals surface area contributed by atoms with Crippen LogP contribution < -0.4 is 15.8 Å². The van der Waals surface area contributed by atoms with E-state index in [4.69, 9.17) is 0 Å². The molecule has 3 aromatic rings. The predicted octanol–water partition coefficient (Wildman–Crippen LogP) is 3.50. The van der Waals surface area contributed by atoms with Crippen LogP contribution in [0.3, 0.4) is 0 Å². The molecule has 0 radical (unpaired) electrons. The first-order valence-electron chi connectivity index (χ1n) is 8.69. The van der Waals surface area contributed by atoms with Crippen molar-refractivity contribution < 1.29 is 9.90 Å². The fraction of sp³-hybridized carbons (Fsp3) is 0.190. The third kappa shape index (κ3) is 3.03. The van der Waals surface area contributed by atoms with Crippen molar-refractivity contribution >= 4 is 28.1 Å². The minimum atomic E-state index is -0.909. The average molecular weight is 347 g/mol. The van der Waals surface area contributed by atoms with E-state index in [0.717, 1.165) is 29.7 Å². The monoisotopic (exact) mass is 347 g/mol. The second-order valence-electron chi connectivity index (χ2n) is 6.63. The average Bonchev–Trinajstić information content (AvgIpc) is 3.21. The van der Waals surface area contributed by atoms with Gasteiger partial charge in [0.1, 0.15) is 0 Å². The molecule has 0 spiro atoms. The first-order chi connectivity index (χ1) is 12.6. The summed E-state index contributed by atoms with van der Waals surface area (Å²) in [6.07, 6.45) is 0. The number of rotatable bonds is 4. The van der Waals surface area contributed by atoms with Gasteiger partial charge in [-0.2, -0.15) is 0 Å². The van der Waals surface area contributed by atoms with Crippen molar-refractivity contribution in [1.82, 2.24) is 10.9 Å². The highest BCUT2D eigenvalue weighted by Gasteiger charge is 2.21. The minimum Gasteiger partial charge on any atom is -0.478 e. The van der Waals surface area contributed by atoms with Gasteiger partial charge in [-0.05, 0) is 40.6 Å². The number of aromatic carboxylic acids is 1. The second kappa shape index (κ2) is 6.78. The molecule has 3 aromatic carbocycles. The third-order valence-corrected chi connectivity index (χ3v) is 5.03. The molecular formula is C21H21N3O2. The van der Waals surface area contributed by atoms with Crippen LogP contribution in [-0.2, 0) is 0 Å². The van der Waals surface area contributed by atoms with Crippen LogP contribution in [0.4, 0.5) is 11.4 Å². The molecule has 0 bridgehead atoms. The maximum Gasteiger partial charge on any atom is 0.337 e. The smallest absolute Gasteiger partial charge is 0.337 e. The lowest BCUT2D eigenvalue weighted by molar-refractivity contribution is 0.0697. The van der Waals surface area contributed by atoms with Crippen molar-refractivity contribution in [1.29, 1.82) is 0 Å². The first-order valence-corrected chi connectivity index (χ1v) is 8.69. The Balaban J connectivity index is 1.73. The molecule has 132 valence electrons. The number of carbonyl (C=O) groups is 1. The Morgan fingerprint density at radius 3 is 2.46 bits per heavy atom. The SMILES string of the molecule is CN(c1ccc2ccccc2c1)c1ccc(C2CNNC2)cc1C(=O)O. The lowest BCUT2D eigenvalue weighted by Crippen LogP contribution is -2.21. The van der Waals surface area contributed by atoms with Crippen LogP contribution in [0.5, 0.6) is 0 Å². The molecular weight excluding hydrogens is 326 g/mol. The number of hydrogen-bond acceptors (Lipinski definition) is 4. The Morgan fingerprint density at radius 2 is 1.73 bits per heavy atom. The van der Waals surface area contributed by atoms with E-state index in [9.17, 15) is 9.90 Å². The highest BCUT2D eigenvalue weighted by atomic mass is 16.4. The summed E-state index contributed by atoms with van der Waals surface area (Å²) in [7, 11) is 1.91. The summed E-state index contributed by atoms with van der Waals surface area (Å²) in [4.78, 5) is 13.8. The fourth-order valence-electron chi connectivity index (χ4n) is 3.49. The van der Waals surface area contributed by atoms with E-state index in [1.54, 1.807) is 6.07 Å². The highest BCUT2D eigenvalue weighted by molar-refractivity contribution is 5.96. The maximum atomic E-state index is 11.9. The zero-order valence-electron chi connectivity index (χ0n) is 14.6. The number of nitrogens with zero attached hydrogens (tertiary/aromatic N) is 1. The highest BCUT2D eigenvalue weighted by Crippen LogP contribution is 2.32. The first kappa shape index (κ1) is 16.6. The number of fused-ring (bicyclic) bond motifs is 1. The Labute approximate surface area is 152 Å². The summed E-state index contributed by atoms with van der Waals surface area (Å²) >= 11 is 0. The van der Waals surface area contributed by atoms with Crippen molar-refractivity contribution in [3.63, 3.8) is 0 Å². The minimum absolute atomic E-state index is 0.285. The van der Waals surface area contributed by atoms with E-state index in [2.05, 4.69) is 35.1 Å². The predicted molar refractivity (Wildman–Crippen MR) is 104 cm³/mol. The van der Waals surface area contributed by atoms with Crippen LogP contribution in [0.2, 0.25) is 0 Å².